The minimum absolute atomic E-state index is 0.105. The van der Waals surface area contributed by atoms with Crippen molar-refractivity contribution in [2.45, 2.75) is 32.2 Å². The van der Waals surface area contributed by atoms with Crippen molar-refractivity contribution < 1.29 is 18.3 Å². The molecule has 0 aliphatic heterocycles. The second-order valence-electron chi connectivity index (χ2n) is 5.01. The molecule has 118 valence electrons. The summed E-state index contributed by atoms with van der Waals surface area (Å²) in [6.07, 6.45) is 0. The molecule has 0 bridgehead atoms. The number of ether oxygens (including phenoxy) is 1. The van der Waals surface area contributed by atoms with Crippen molar-refractivity contribution in [2.75, 3.05) is 18.9 Å². The summed E-state index contributed by atoms with van der Waals surface area (Å²) in [7, 11) is 0. The van der Waals surface area contributed by atoms with Gasteiger partial charge < -0.3 is 10.1 Å². The first-order valence-electron chi connectivity index (χ1n) is 6.91. The third kappa shape index (κ3) is 6.44. The molecular formula is C15H21F2NO2S. The van der Waals surface area contributed by atoms with Gasteiger partial charge in [-0.1, -0.05) is 13.8 Å². The molecule has 0 spiro atoms. The second-order valence-corrected chi connectivity index (χ2v) is 5.99. The highest BCUT2D eigenvalue weighted by atomic mass is 32.2. The predicted molar refractivity (Wildman–Crippen MR) is 80.3 cm³/mol. The van der Waals surface area contributed by atoms with E-state index in [1.54, 1.807) is 6.92 Å². The number of halogens is 2. The Labute approximate surface area is 128 Å². The van der Waals surface area contributed by atoms with Gasteiger partial charge in [0.05, 0.1) is 17.3 Å². The van der Waals surface area contributed by atoms with Gasteiger partial charge in [-0.3, -0.25) is 4.79 Å². The van der Waals surface area contributed by atoms with Crippen molar-refractivity contribution in [1.82, 2.24) is 5.32 Å². The lowest BCUT2D eigenvalue weighted by Gasteiger charge is -2.10. The van der Waals surface area contributed by atoms with Gasteiger partial charge in [-0.05, 0) is 37.1 Å². The highest BCUT2D eigenvalue weighted by Gasteiger charge is 2.14. The molecule has 0 saturated heterocycles. The molecule has 0 radical (unpaired) electrons. The first kappa shape index (κ1) is 17.9. The van der Waals surface area contributed by atoms with Crippen molar-refractivity contribution in [3.8, 4) is 0 Å². The molecule has 0 saturated carbocycles. The maximum absolute atomic E-state index is 13.9. The molecule has 0 atom stereocenters. The lowest BCUT2D eigenvalue weighted by molar-refractivity contribution is -0.139. The number of rotatable bonds is 8. The molecule has 0 aliphatic rings. The fraction of sp³-hybridized carbons (Fsp3) is 0.533. The van der Waals surface area contributed by atoms with Crippen LogP contribution >= 0.6 is 11.8 Å². The summed E-state index contributed by atoms with van der Waals surface area (Å²) >= 11 is 0.814. The van der Waals surface area contributed by atoms with E-state index in [0.717, 1.165) is 18.3 Å². The molecule has 0 aromatic heterocycles. The SMILES string of the molecule is CCOC(=O)CSc1c(F)cc(CNCC(C)C)cc1F. The summed E-state index contributed by atoms with van der Waals surface area (Å²) in [5.74, 6) is -1.41. The average Bonchev–Trinajstić information content (AvgIpc) is 2.37. The molecule has 0 amide bonds. The Morgan fingerprint density at radius 3 is 2.48 bits per heavy atom. The second kappa shape index (κ2) is 9.00. The largest absolute Gasteiger partial charge is 0.465 e. The van der Waals surface area contributed by atoms with Crippen LogP contribution in [0.4, 0.5) is 8.78 Å². The number of hydrogen-bond donors (Lipinski definition) is 1. The third-order valence-corrected chi connectivity index (χ3v) is 3.64. The maximum atomic E-state index is 13.9. The Balaban J connectivity index is 2.64. The fourth-order valence-electron chi connectivity index (χ4n) is 1.69. The standard InChI is InChI=1S/C15H21F2NO2S/c1-4-20-14(19)9-21-15-12(16)5-11(6-13(15)17)8-18-7-10(2)3/h5-6,10,18H,4,7-9H2,1-3H3. The van der Waals surface area contributed by atoms with E-state index in [-0.39, 0.29) is 17.3 Å². The van der Waals surface area contributed by atoms with Crippen molar-refractivity contribution in [3.63, 3.8) is 0 Å². The Morgan fingerprint density at radius 1 is 1.33 bits per heavy atom. The van der Waals surface area contributed by atoms with Crippen LogP contribution in [0.15, 0.2) is 17.0 Å². The van der Waals surface area contributed by atoms with Gasteiger partial charge in [-0.15, -0.1) is 11.8 Å². The van der Waals surface area contributed by atoms with Gasteiger partial charge in [0, 0.05) is 6.54 Å². The van der Waals surface area contributed by atoms with Gasteiger partial charge in [0.25, 0.3) is 0 Å². The van der Waals surface area contributed by atoms with Crippen molar-refractivity contribution >= 4 is 17.7 Å². The van der Waals surface area contributed by atoms with Crippen molar-refractivity contribution in [2.24, 2.45) is 5.92 Å². The number of esters is 1. The number of thioether (sulfide) groups is 1. The molecule has 0 heterocycles. The monoisotopic (exact) mass is 317 g/mol. The minimum Gasteiger partial charge on any atom is -0.465 e. The lowest BCUT2D eigenvalue weighted by atomic mass is 10.2. The minimum atomic E-state index is -0.648. The van der Waals surface area contributed by atoms with E-state index in [1.807, 2.05) is 0 Å². The summed E-state index contributed by atoms with van der Waals surface area (Å²) in [5.41, 5.74) is 0.547. The molecule has 3 nitrogen and oxygen atoms in total. The Hall–Kier alpha value is -1.14. The van der Waals surface area contributed by atoms with Gasteiger partial charge in [0.15, 0.2) is 0 Å². The van der Waals surface area contributed by atoms with Crippen LogP contribution in [0.2, 0.25) is 0 Å². The van der Waals surface area contributed by atoms with Crippen LogP contribution in [0.5, 0.6) is 0 Å². The number of carbonyl (C=O) groups is 1. The summed E-state index contributed by atoms with van der Waals surface area (Å²) < 4.78 is 32.5. The summed E-state index contributed by atoms with van der Waals surface area (Å²) in [4.78, 5) is 11.1. The quantitative estimate of drug-likeness (QED) is 0.589. The van der Waals surface area contributed by atoms with Crippen molar-refractivity contribution in [1.29, 1.82) is 0 Å². The fourth-order valence-corrected chi connectivity index (χ4v) is 2.43. The van der Waals surface area contributed by atoms with Gasteiger partial charge in [0.2, 0.25) is 0 Å². The Bertz CT molecular complexity index is 458. The zero-order valence-electron chi connectivity index (χ0n) is 12.5. The van der Waals surface area contributed by atoms with E-state index in [9.17, 15) is 13.6 Å². The molecule has 0 unspecified atom stereocenters. The van der Waals surface area contributed by atoms with Gasteiger partial charge in [-0.2, -0.15) is 0 Å². The predicted octanol–water partition coefficient (Wildman–Crippen LogP) is 3.37. The maximum Gasteiger partial charge on any atom is 0.316 e. The highest BCUT2D eigenvalue weighted by Crippen LogP contribution is 2.26. The van der Waals surface area contributed by atoms with E-state index >= 15 is 0 Å². The van der Waals surface area contributed by atoms with E-state index in [1.165, 1.54) is 12.1 Å². The van der Waals surface area contributed by atoms with Crippen LogP contribution in [0.3, 0.4) is 0 Å². The molecule has 1 aromatic rings. The van der Waals surface area contributed by atoms with Gasteiger partial charge in [-0.25, -0.2) is 8.78 Å². The number of nitrogens with one attached hydrogen (secondary N) is 1. The van der Waals surface area contributed by atoms with Crippen LogP contribution in [0.1, 0.15) is 26.3 Å². The summed E-state index contributed by atoms with van der Waals surface area (Å²) in [6.45, 7) is 7.25. The zero-order chi connectivity index (χ0) is 15.8. The molecule has 6 heteroatoms. The molecule has 1 aromatic carbocycles. The molecule has 1 N–H and O–H groups in total. The Morgan fingerprint density at radius 2 is 1.95 bits per heavy atom. The number of benzene rings is 1. The van der Waals surface area contributed by atoms with Crippen LogP contribution in [0.25, 0.3) is 0 Å². The molecule has 21 heavy (non-hydrogen) atoms. The van der Waals surface area contributed by atoms with Crippen molar-refractivity contribution in [3.05, 3.63) is 29.3 Å². The molecular weight excluding hydrogens is 296 g/mol. The third-order valence-electron chi connectivity index (χ3n) is 2.58. The normalized spacial score (nSPS) is 11.0. The van der Waals surface area contributed by atoms with Crippen LogP contribution < -0.4 is 5.32 Å². The zero-order valence-corrected chi connectivity index (χ0v) is 13.4. The first-order chi connectivity index (χ1) is 9.93. The molecule has 0 fully saturated rings. The highest BCUT2D eigenvalue weighted by molar-refractivity contribution is 8.00. The van der Waals surface area contributed by atoms with E-state index in [2.05, 4.69) is 19.2 Å². The van der Waals surface area contributed by atoms with E-state index in [4.69, 9.17) is 4.74 Å². The van der Waals surface area contributed by atoms with Crippen LogP contribution in [-0.4, -0.2) is 24.9 Å². The lowest BCUT2D eigenvalue weighted by Crippen LogP contribution is -2.19. The Kier molecular flexibility index (Phi) is 7.67. The van der Waals surface area contributed by atoms with Gasteiger partial charge >= 0.3 is 5.97 Å². The smallest absolute Gasteiger partial charge is 0.316 e. The number of hydrogen-bond acceptors (Lipinski definition) is 4. The van der Waals surface area contributed by atoms with E-state index < -0.39 is 17.6 Å². The summed E-state index contributed by atoms with van der Waals surface area (Å²) in [5, 5.41) is 3.13. The topological polar surface area (TPSA) is 38.3 Å². The summed E-state index contributed by atoms with van der Waals surface area (Å²) in [6, 6.07) is 2.59. The van der Waals surface area contributed by atoms with Crippen LogP contribution in [-0.2, 0) is 16.1 Å². The first-order valence-corrected chi connectivity index (χ1v) is 7.89. The molecule has 0 aliphatic carbocycles. The average molecular weight is 317 g/mol. The van der Waals surface area contributed by atoms with Crippen LogP contribution in [0, 0.1) is 17.6 Å². The van der Waals surface area contributed by atoms with E-state index in [0.29, 0.717) is 18.0 Å². The molecule has 1 rings (SSSR count). The number of carbonyl (C=O) groups excluding carboxylic acids is 1. The van der Waals surface area contributed by atoms with Gasteiger partial charge in [0.1, 0.15) is 11.6 Å².